The Bertz CT molecular complexity index is 406. The van der Waals surface area contributed by atoms with E-state index < -0.39 is 0 Å². The average Bonchev–Trinajstić information content (AvgIpc) is 2.99. The van der Waals surface area contributed by atoms with Gasteiger partial charge in [-0.1, -0.05) is 0 Å². The van der Waals surface area contributed by atoms with Crippen molar-refractivity contribution in [1.82, 2.24) is 30.4 Å². The zero-order valence-corrected chi connectivity index (χ0v) is 10.3. The van der Waals surface area contributed by atoms with Gasteiger partial charge in [0, 0.05) is 12.1 Å². The minimum Gasteiger partial charge on any atom is -0.350 e. The number of nitrogens with zero attached hydrogens (tertiary/aromatic N) is 5. The summed E-state index contributed by atoms with van der Waals surface area (Å²) in [7, 11) is 0. The molecule has 0 spiro atoms. The van der Waals surface area contributed by atoms with Gasteiger partial charge in [0.2, 0.25) is 5.91 Å². The molecule has 0 aliphatic carbocycles. The summed E-state index contributed by atoms with van der Waals surface area (Å²) in [6, 6.07) is 0.835. The maximum Gasteiger partial charge on any atom is 0.242 e. The number of hydrogen-bond acceptors (Lipinski definition) is 5. The molecule has 1 amide bonds. The van der Waals surface area contributed by atoms with Crippen LogP contribution < -0.4 is 5.32 Å². The number of carbonyl (C=O) groups is 1. The fourth-order valence-electron chi connectivity index (χ4n) is 3.11. The second kappa shape index (κ2) is 5.01. The lowest BCUT2D eigenvalue weighted by Crippen LogP contribution is -2.53. The summed E-state index contributed by atoms with van der Waals surface area (Å²) in [6.07, 6.45) is 6.18. The molecule has 0 saturated carbocycles. The lowest BCUT2D eigenvalue weighted by Gasteiger charge is -2.37. The van der Waals surface area contributed by atoms with Crippen LogP contribution in [0.3, 0.4) is 0 Å². The predicted molar refractivity (Wildman–Crippen MR) is 63.6 cm³/mol. The molecule has 2 fully saturated rings. The summed E-state index contributed by atoms with van der Waals surface area (Å²) >= 11 is 0. The number of nitrogens with one attached hydrogen (secondary N) is 1. The van der Waals surface area contributed by atoms with Gasteiger partial charge in [0.15, 0.2) is 0 Å². The van der Waals surface area contributed by atoms with Gasteiger partial charge in [-0.15, -0.1) is 5.10 Å². The highest BCUT2D eigenvalue weighted by molar-refractivity contribution is 5.76. The van der Waals surface area contributed by atoms with Crippen molar-refractivity contribution in [2.75, 3.05) is 13.1 Å². The van der Waals surface area contributed by atoms with E-state index >= 15 is 0 Å². The van der Waals surface area contributed by atoms with Gasteiger partial charge in [-0.3, -0.25) is 9.69 Å². The van der Waals surface area contributed by atoms with Crippen LogP contribution in [0.5, 0.6) is 0 Å². The van der Waals surface area contributed by atoms with Gasteiger partial charge < -0.3 is 5.32 Å². The molecule has 18 heavy (non-hydrogen) atoms. The first-order valence-corrected chi connectivity index (χ1v) is 6.57. The van der Waals surface area contributed by atoms with Crippen LogP contribution in [0.1, 0.15) is 25.7 Å². The molecular weight excluding hydrogens is 232 g/mol. The maximum absolute atomic E-state index is 11.9. The van der Waals surface area contributed by atoms with Crippen LogP contribution in [0.25, 0.3) is 0 Å². The summed E-state index contributed by atoms with van der Waals surface area (Å²) in [5, 5.41) is 13.9. The van der Waals surface area contributed by atoms with Gasteiger partial charge in [-0.05, 0) is 49.2 Å². The van der Waals surface area contributed by atoms with Crippen LogP contribution in [-0.2, 0) is 11.3 Å². The molecule has 98 valence electrons. The molecule has 7 heteroatoms. The van der Waals surface area contributed by atoms with E-state index in [1.165, 1.54) is 43.4 Å². The van der Waals surface area contributed by atoms with E-state index in [0.29, 0.717) is 12.1 Å². The molecule has 0 bridgehead atoms. The second-order valence-corrected chi connectivity index (χ2v) is 5.07. The fraction of sp³-hybridized carbons (Fsp3) is 0.818. The first-order valence-electron chi connectivity index (χ1n) is 6.57. The Balaban J connectivity index is 1.56. The molecule has 0 radical (unpaired) electrons. The molecular formula is C11H18N6O. The molecule has 7 nitrogen and oxygen atoms in total. The van der Waals surface area contributed by atoms with Gasteiger partial charge in [0.1, 0.15) is 12.9 Å². The number of amides is 1. The maximum atomic E-state index is 11.9. The molecule has 1 N–H and O–H groups in total. The third-order valence-corrected chi connectivity index (χ3v) is 3.88. The van der Waals surface area contributed by atoms with E-state index in [-0.39, 0.29) is 12.5 Å². The lowest BCUT2D eigenvalue weighted by molar-refractivity contribution is -0.123. The summed E-state index contributed by atoms with van der Waals surface area (Å²) in [5.74, 6) is 0.000972. The highest BCUT2D eigenvalue weighted by Gasteiger charge is 2.35. The van der Waals surface area contributed by atoms with E-state index in [1.54, 1.807) is 0 Å². The summed E-state index contributed by atoms with van der Waals surface area (Å²) < 4.78 is 1.45. The molecule has 2 saturated heterocycles. The SMILES string of the molecule is O=C(Cn1cnnn1)N[C@H]1CCCN2CCC[C@@H]12. The molecule has 2 aliphatic rings. The van der Waals surface area contributed by atoms with Crippen LogP contribution in [-0.4, -0.2) is 56.2 Å². The van der Waals surface area contributed by atoms with Crippen molar-refractivity contribution in [3.05, 3.63) is 6.33 Å². The summed E-state index contributed by atoms with van der Waals surface area (Å²) in [6.45, 7) is 2.57. The van der Waals surface area contributed by atoms with Crippen molar-refractivity contribution < 1.29 is 4.79 Å². The first kappa shape index (κ1) is 11.6. The van der Waals surface area contributed by atoms with E-state index in [0.717, 1.165) is 6.42 Å². The average molecular weight is 250 g/mol. The van der Waals surface area contributed by atoms with Gasteiger partial charge in [0.25, 0.3) is 0 Å². The Morgan fingerprint density at radius 3 is 2.94 bits per heavy atom. The van der Waals surface area contributed by atoms with Crippen LogP contribution in [0.15, 0.2) is 6.33 Å². The monoisotopic (exact) mass is 250 g/mol. The van der Waals surface area contributed by atoms with Gasteiger partial charge in [-0.25, -0.2) is 4.68 Å². The Kier molecular flexibility index (Phi) is 3.22. The van der Waals surface area contributed by atoms with E-state index in [9.17, 15) is 4.79 Å². The van der Waals surface area contributed by atoms with Crippen molar-refractivity contribution in [3.63, 3.8) is 0 Å². The van der Waals surface area contributed by atoms with Crippen LogP contribution in [0.4, 0.5) is 0 Å². The molecule has 2 atom stereocenters. The topological polar surface area (TPSA) is 75.9 Å². The normalized spacial score (nSPS) is 28.0. The number of fused-ring (bicyclic) bond motifs is 1. The molecule has 0 aromatic carbocycles. The lowest BCUT2D eigenvalue weighted by atomic mass is 9.96. The van der Waals surface area contributed by atoms with Crippen molar-refractivity contribution in [2.24, 2.45) is 0 Å². The fourth-order valence-corrected chi connectivity index (χ4v) is 3.11. The molecule has 1 aromatic heterocycles. The number of rotatable bonds is 3. The Hall–Kier alpha value is -1.50. The Morgan fingerprint density at radius 2 is 2.17 bits per heavy atom. The van der Waals surface area contributed by atoms with Crippen molar-refractivity contribution in [2.45, 2.75) is 44.3 Å². The number of tetrazole rings is 1. The largest absolute Gasteiger partial charge is 0.350 e. The highest BCUT2D eigenvalue weighted by Crippen LogP contribution is 2.26. The summed E-state index contributed by atoms with van der Waals surface area (Å²) in [5.41, 5.74) is 0. The molecule has 3 rings (SSSR count). The van der Waals surface area contributed by atoms with E-state index in [1.807, 2.05) is 0 Å². The van der Waals surface area contributed by atoms with Crippen LogP contribution in [0.2, 0.25) is 0 Å². The number of aromatic nitrogens is 4. The highest BCUT2D eigenvalue weighted by atomic mass is 16.2. The Labute approximate surface area is 106 Å². The van der Waals surface area contributed by atoms with Crippen LogP contribution >= 0.6 is 0 Å². The molecule has 2 aliphatic heterocycles. The van der Waals surface area contributed by atoms with Crippen LogP contribution in [0, 0.1) is 0 Å². The van der Waals surface area contributed by atoms with Crippen molar-refractivity contribution in [3.8, 4) is 0 Å². The third-order valence-electron chi connectivity index (χ3n) is 3.88. The number of carbonyl (C=O) groups excluding carboxylic acids is 1. The zero-order valence-electron chi connectivity index (χ0n) is 10.3. The summed E-state index contributed by atoms with van der Waals surface area (Å²) in [4.78, 5) is 14.4. The van der Waals surface area contributed by atoms with Gasteiger partial charge in [0.05, 0.1) is 0 Å². The smallest absolute Gasteiger partial charge is 0.242 e. The quantitative estimate of drug-likeness (QED) is 0.776. The molecule has 3 heterocycles. The second-order valence-electron chi connectivity index (χ2n) is 5.07. The molecule has 1 aromatic rings. The zero-order chi connectivity index (χ0) is 12.4. The third kappa shape index (κ3) is 2.35. The number of piperidine rings is 1. The van der Waals surface area contributed by atoms with Gasteiger partial charge in [-0.2, -0.15) is 0 Å². The van der Waals surface area contributed by atoms with E-state index in [2.05, 4.69) is 25.7 Å². The minimum absolute atomic E-state index is 0.000972. The number of hydrogen-bond donors (Lipinski definition) is 1. The van der Waals surface area contributed by atoms with E-state index in [4.69, 9.17) is 0 Å². The van der Waals surface area contributed by atoms with Gasteiger partial charge >= 0.3 is 0 Å². The minimum atomic E-state index is 0.000972. The Morgan fingerprint density at radius 1 is 1.33 bits per heavy atom. The molecule has 0 unspecified atom stereocenters. The predicted octanol–water partition coefficient (Wildman–Crippen LogP) is -0.584. The standard InChI is InChI=1S/C11H18N6O/c18-11(7-17-8-12-14-15-17)13-9-3-1-5-16-6-2-4-10(9)16/h8-10H,1-7H2,(H,13,18)/t9-,10-/m0/s1. The van der Waals surface area contributed by atoms with Crippen molar-refractivity contribution in [1.29, 1.82) is 0 Å². The first-order chi connectivity index (χ1) is 8.83. The van der Waals surface area contributed by atoms with Crippen molar-refractivity contribution >= 4 is 5.91 Å².